The number of hydrogen-bond donors (Lipinski definition) is 1. The van der Waals surface area contributed by atoms with Crippen LogP contribution in [0.1, 0.15) is 18.5 Å². The molecule has 7 heteroatoms. The van der Waals surface area contributed by atoms with Gasteiger partial charge in [0.1, 0.15) is 12.0 Å². The molecule has 0 bridgehead atoms. The van der Waals surface area contributed by atoms with Gasteiger partial charge in [-0.15, -0.1) is 0 Å². The zero-order valence-electron chi connectivity index (χ0n) is 11.1. The van der Waals surface area contributed by atoms with Crippen molar-refractivity contribution in [2.75, 3.05) is 11.9 Å². The maximum atomic E-state index is 14.0. The summed E-state index contributed by atoms with van der Waals surface area (Å²) in [6.45, 7) is 0.350. The van der Waals surface area contributed by atoms with Gasteiger partial charge in [-0.05, 0) is 40.9 Å². The number of anilines is 1. The highest BCUT2D eigenvalue weighted by Crippen LogP contribution is 2.45. The van der Waals surface area contributed by atoms with Crippen LogP contribution >= 0.6 is 15.9 Å². The Hall–Kier alpha value is -1.63. The van der Waals surface area contributed by atoms with Crippen molar-refractivity contribution in [1.82, 2.24) is 15.0 Å². The molecule has 0 spiro atoms. The van der Waals surface area contributed by atoms with Gasteiger partial charge in [0.05, 0.1) is 10.2 Å². The minimum atomic E-state index is -0.918. The van der Waals surface area contributed by atoms with E-state index in [1.807, 2.05) is 0 Å². The molecule has 2 aromatic heterocycles. The second-order valence-corrected chi connectivity index (χ2v) is 6.11. The lowest BCUT2D eigenvalue weighted by atomic mass is 9.65. The van der Waals surface area contributed by atoms with E-state index in [4.69, 9.17) is 0 Å². The molecule has 0 aromatic carbocycles. The van der Waals surface area contributed by atoms with Crippen LogP contribution in [0.25, 0.3) is 0 Å². The summed E-state index contributed by atoms with van der Waals surface area (Å²) in [5.74, 6) is 0.0270. The monoisotopic (exact) mass is 354 g/mol. The fourth-order valence-electron chi connectivity index (χ4n) is 2.64. The minimum Gasteiger partial charge on any atom is -0.353 e. The molecule has 0 atom stereocenters. The van der Waals surface area contributed by atoms with Crippen molar-refractivity contribution in [3.8, 4) is 0 Å². The number of aromatic nitrogens is 3. The maximum Gasteiger partial charge on any atom is 0.222 e. The summed E-state index contributed by atoms with van der Waals surface area (Å²) in [6, 6.07) is 2.88. The molecule has 0 saturated heterocycles. The van der Waals surface area contributed by atoms with Crippen LogP contribution in [0.15, 0.2) is 35.2 Å². The average Bonchev–Trinajstić information content (AvgIpc) is 2.45. The third kappa shape index (κ3) is 2.88. The van der Waals surface area contributed by atoms with Crippen LogP contribution < -0.4 is 5.32 Å². The van der Waals surface area contributed by atoms with Gasteiger partial charge in [0.15, 0.2) is 0 Å². The molecular weight excluding hydrogens is 342 g/mol. The highest BCUT2D eigenvalue weighted by molar-refractivity contribution is 9.10. The van der Waals surface area contributed by atoms with E-state index in [2.05, 4.69) is 36.2 Å². The van der Waals surface area contributed by atoms with Crippen LogP contribution in [0, 0.1) is 5.82 Å². The Morgan fingerprint density at radius 3 is 2.62 bits per heavy atom. The molecule has 110 valence electrons. The first-order chi connectivity index (χ1) is 10.1. The summed E-state index contributed by atoms with van der Waals surface area (Å²) >= 11 is 3.25. The number of rotatable bonds is 4. The Morgan fingerprint density at radius 2 is 2.00 bits per heavy atom. The van der Waals surface area contributed by atoms with E-state index in [1.165, 1.54) is 18.3 Å². The number of alkyl halides is 1. The summed E-state index contributed by atoms with van der Waals surface area (Å²) in [5, 5.41) is 3.04. The fraction of sp³-hybridized carbons (Fsp3) is 0.357. The molecule has 1 aliphatic rings. The molecule has 1 aliphatic carbocycles. The van der Waals surface area contributed by atoms with Gasteiger partial charge in [-0.25, -0.2) is 18.7 Å². The summed E-state index contributed by atoms with van der Waals surface area (Å²) in [4.78, 5) is 12.3. The van der Waals surface area contributed by atoms with Crippen molar-refractivity contribution in [1.29, 1.82) is 0 Å². The van der Waals surface area contributed by atoms with Gasteiger partial charge in [0.2, 0.25) is 5.95 Å². The topological polar surface area (TPSA) is 50.7 Å². The summed E-state index contributed by atoms with van der Waals surface area (Å²) in [7, 11) is 0. The standard InChI is InChI=1S/C14H13BrF2N4/c15-9-6-19-13(20-7-9)21-8-14(4-10(16)5-14)12-11(17)2-1-3-18-12/h1-3,6-7,10H,4-5,8H2,(H,19,20,21). The SMILES string of the molecule is Fc1cccnc1C1(CNc2ncc(Br)cn2)CC(F)C1. The molecule has 1 saturated carbocycles. The normalized spacial score (nSPS) is 24.4. The van der Waals surface area contributed by atoms with Crippen molar-refractivity contribution in [2.24, 2.45) is 0 Å². The number of hydrogen-bond acceptors (Lipinski definition) is 4. The Balaban J connectivity index is 1.79. The van der Waals surface area contributed by atoms with E-state index < -0.39 is 17.4 Å². The molecule has 2 aromatic rings. The molecule has 1 N–H and O–H groups in total. The molecule has 2 heterocycles. The molecule has 0 amide bonds. The molecule has 4 nitrogen and oxygen atoms in total. The number of pyridine rings is 1. The summed E-state index contributed by atoms with van der Waals surface area (Å²) < 4.78 is 28.1. The molecular formula is C14H13BrF2N4. The molecule has 0 unspecified atom stereocenters. The van der Waals surface area contributed by atoms with Gasteiger partial charge in [0, 0.05) is 30.6 Å². The van der Waals surface area contributed by atoms with Gasteiger partial charge in [-0.1, -0.05) is 0 Å². The summed E-state index contributed by atoms with van der Waals surface area (Å²) in [6.07, 6.45) is 4.35. The van der Waals surface area contributed by atoms with Crippen LogP contribution in [-0.4, -0.2) is 27.7 Å². The Morgan fingerprint density at radius 1 is 1.29 bits per heavy atom. The smallest absolute Gasteiger partial charge is 0.222 e. The fourth-order valence-corrected chi connectivity index (χ4v) is 2.84. The predicted octanol–water partition coefficient (Wildman–Crippen LogP) is 3.26. The van der Waals surface area contributed by atoms with Crippen molar-refractivity contribution in [3.63, 3.8) is 0 Å². The summed E-state index contributed by atoms with van der Waals surface area (Å²) in [5.41, 5.74) is -0.329. The lowest BCUT2D eigenvalue weighted by Gasteiger charge is -2.43. The third-order valence-electron chi connectivity index (χ3n) is 3.69. The molecule has 3 rings (SSSR count). The van der Waals surface area contributed by atoms with E-state index in [1.54, 1.807) is 12.4 Å². The van der Waals surface area contributed by atoms with E-state index in [9.17, 15) is 8.78 Å². The first-order valence-corrected chi connectivity index (χ1v) is 7.35. The van der Waals surface area contributed by atoms with Crippen LogP contribution in [0.5, 0.6) is 0 Å². The van der Waals surface area contributed by atoms with Gasteiger partial charge >= 0.3 is 0 Å². The second-order valence-electron chi connectivity index (χ2n) is 5.20. The van der Waals surface area contributed by atoms with Crippen molar-refractivity contribution in [2.45, 2.75) is 24.4 Å². The predicted molar refractivity (Wildman–Crippen MR) is 78.2 cm³/mol. The average molecular weight is 355 g/mol. The van der Waals surface area contributed by atoms with Crippen molar-refractivity contribution < 1.29 is 8.78 Å². The number of nitrogens with zero attached hydrogens (tertiary/aromatic N) is 3. The number of halogens is 3. The lowest BCUT2D eigenvalue weighted by Crippen LogP contribution is -2.49. The molecule has 0 radical (unpaired) electrons. The minimum absolute atomic E-state index is 0.254. The van der Waals surface area contributed by atoms with Gasteiger partial charge < -0.3 is 5.32 Å². The van der Waals surface area contributed by atoms with Crippen molar-refractivity contribution in [3.05, 3.63) is 46.7 Å². The van der Waals surface area contributed by atoms with E-state index in [0.717, 1.165) is 4.47 Å². The number of nitrogens with one attached hydrogen (secondary N) is 1. The molecule has 21 heavy (non-hydrogen) atoms. The van der Waals surface area contributed by atoms with Crippen LogP contribution in [0.4, 0.5) is 14.7 Å². The highest BCUT2D eigenvalue weighted by Gasteiger charge is 2.48. The molecule has 1 fully saturated rings. The first kappa shape index (κ1) is 14.3. The Bertz CT molecular complexity index is 629. The zero-order valence-corrected chi connectivity index (χ0v) is 12.6. The first-order valence-electron chi connectivity index (χ1n) is 6.56. The van der Waals surface area contributed by atoms with Crippen LogP contribution in [-0.2, 0) is 5.41 Å². The maximum absolute atomic E-state index is 14.0. The van der Waals surface area contributed by atoms with E-state index >= 15 is 0 Å². The largest absolute Gasteiger partial charge is 0.353 e. The Kier molecular flexibility index (Phi) is 3.84. The van der Waals surface area contributed by atoms with Crippen LogP contribution in [0.2, 0.25) is 0 Å². The van der Waals surface area contributed by atoms with Gasteiger partial charge in [-0.3, -0.25) is 4.98 Å². The second kappa shape index (κ2) is 5.63. The quantitative estimate of drug-likeness (QED) is 0.915. The highest BCUT2D eigenvalue weighted by atomic mass is 79.9. The lowest BCUT2D eigenvalue weighted by molar-refractivity contribution is 0.0963. The van der Waals surface area contributed by atoms with Crippen molar-refractivity contribution >= 4 is 21.9 Å². The third-order valence-corrected chi connectivity index (χ3v) is 4.10. The van der Waals surface area contributed by atoms with Crippen LogP contribution in [0.3, 0.4) is 0 Å². The van der Waals surface area contributed by atoms with Gasteiger partial charge in [-0.2, -0.15) is 0 Å². The Labute approximate surface area is 129 Å². The van der Waals surface area contributed by atoms with E-state index in [-0.39, 0.29) is 12.8 Å². The molecule has 0 aliphatic heterocycles. The van der Waals surface area contributed by atoms with E-state index in [0.29, 0.717) is 18.2 Å². The zero-order chi connectivity index (χ0) is 14.9. The van der Waals surface area contributed by atoms with Gasteiger partial charge in [0.25, 0.3) is 0 Å².